The van der Waals surface area contributed by atoms with Gasteiger partial charge in [0.05, 0.1) is 5.41 Å². The number of likely N-dealkylation sites (tertiary alicyclic amines) is 1. The highest BCUT2D eigenvalue weighted by atomic mass is 16.7. The van der Waals surface area contributed by atoms with Crippen molar-refractivity contribution in [2.24, 2.45) is 5.41 Å². The van der Waals surface area contributed by atoms with Crippen LogP contribution in [-0.2, 0) is 9.63 Å². The maximum Gasteiger partial charge on any atom is 0.329 e. The maximum absolute atomic E-state index is 11.7. The van der Waals surface area contributed by atoms with Gasteiger partial charge in [0.15, 0.2) is 0 Å². The molecule has 0 aromatic carbocycles. The minimum atomic E-state index is -0.431. The van der Waals surface area contributed by atoms with Gasteiger partial charge in [-0.05, 0) is 72.4 Å². The van der Waals surface area contributed by atoms with Crippen molar-refractivity contribution in [3.05, 3.63) is 0 Å². The third-order valence-electron chi connectivity index (χ3n) is 4.28. The molecule has 4 nitrogen and oxygen atoms in total. The van der Waals surface area contributed by atoms with Crippen molar-refractivity contribution in [1.29, 1.82) is 0 Å². The summed E-state index contributed by atoms with van der Waals surface area (Å²) in [4.78, 5) is 19.5. The van der Waals surface area contributed by atoms with Crippen molar-refractivity contribution >= 4 is 5.97 Å². The van der Waals surface area contributed by atoms with E-state index in [-0.39, 0.29) is 5.97 Å². The molecule has 0 unspecified atom stereocenters. The lowest BCUT2D eigenvalue weighted by Gasteiger charge is -2.34. The molecule has 0 aromatic rings. The van der Waals surface area contributed by atoms with Gasteiger partial charge < -0.3 is 9.74 Å². The number of hydrogen-bond donors (Lipinski definition) is 1. The predicted molar refractivity (Wildman–Crippen MR) is 75.5 cm³/mol. The van der Waals surface area contributed by atoms with Gasteiger partial charge in [0.1, 0.15) is 0 Å². The van der Waals surface area contributed by atoms with E-state index in [9.17, 15) is 4.79 Å². The highest BCUT2D eigenvalue weighted by molar-refractivity contribution is 5.75. The van der Waals surface area contributed by atoms with Crippen LogP contribution in [0.3, 0.4) is 0 Å². The van der Waals surface area contributed by atoms with Gasteiger partial charge in [0.25, 0.3) is 0 Å². The second-order valence-electron chi connectivity index (χ2n) is 7.01. The summed E-state index contributed by atoms with van der Waals surface area (Å²) in [7, 11) is 0. The lowest BCUT2D eigenvalue weighted by molar-refractivity contribution is -0.163. The quantitative estimate of drug-likeness (QED) is 0.799. The van der Waals surface area contributed by atoms with E-state index in [0.717, 1.165) is 18.9 Å². The van der Waals surface area contributed by atoms with Crippen LogP contribution in [0.4, 0.5) is 0 Å². The van der Waals surface area contributed by atoms with Crippen LogP contribution in [-0.4, -0.2) is 36.0 Å². The van der Waals surface area contributed by atoms with Gasteiger partial charge in [-0.15, -0.1) is 0 Å². The molecule has 19 heavy (non-hydrogen) atoms. The fraction of sp³-hybridized carbons (Fsp3) is 0.933. The van der Waals surface area contributed by atoms with E-state index in [2.05, 4.69) is 10.4 Å². The molecule has 1 saturated carbocycles. The van der Waals surface area contributed by atoms with E-state index in [1.807, 2.05) is 20.8 Å². The molecule has 4 heteroatoms. The Kier molecular flexibility index (Phi) is 4.85. The molecule has 0 aromatic heterocycles. The largest absolute Gasteiger partial charge is 0.370 e. The zero-order valence-electron chi connectivity index (χ0n) is 12.6. The van der Waals surface area contributed by atoms with Gasteiger partial charge >= 0.3 is 5.97 Å². The van der Waals surface area contributed by atoms with Gasteiger partial charge in [-0.1, -0.05) is 0 Å². The number of carbonyl (C=O) groups is 1. The molecule has 110 valence electrons. The van der Waals surface area contributed by atoms with Crippen molar-refractivity contribution in [3.63, 3.8) is 0 Å². The summed E-state index contributed by atoms with van der Waals surface area (Å²) in [5, 5.41) is 0. The van der Waals surface area contributed by atoms with Crippen molar-refractivity contribution in [3.8, 4) is 0 Å². The van der Waals surface area contributed by atoms with E-state index < -0.39 is 5.41 Å². The van der Waals surface area contributed by atoms with Crippen LogP contribution in [0.1, 0.15) is 59.3 Å². The van der Waals surface area contributed by atoms with Crippen molar-refractivity contribution < 1.29 is 9.63 Å². The van der Waals surface area contributed by atoms with Gasteiger partial charge in [-0.25, -0.2) is 4.79 Å². The average Bonchev–Trinajstić information content (AvgIpc) is 2.89. The number of rotatable bonds is 3. The van der Waals surface area contributed by atoms with E-state index >= 15 is 0 Å². The van der Waals surface area contributed by atoms with Crippen LogP contribution in [0.2, 0.25) is 0 Å². The highest BCUT2D eigenvalue weighted by Gasteiger charge is 2.29. The average molecular weight is 268 g/mol. The fourth-order valence-electron chi connectivity index (χ4n) is 2.96. The Labute approximate surface area is 116 Å². The minimum Gasteiger partial charge on any atom is -0.370 e. The smallest absolute Gasteiger partial charge is 0.329 e. The normalized spacial score (nSPS) is 29.4. The number of hydrogen-bond acceptors (Lipinski definition) is 4. The molecule has 0 spiro atoms. The van der Waals surface area contributed by atoms with Crippen LogP contribution in [0.25, 0.3) is 0 Å². The summed E-state index contributed by atoms with van der Waals surface area (Å²) in [6, 6.07) is 1.10. The zero-order chi connectivity index (χ0) is 13.9. The second kappa shape index (κ2) is 6.23. The molecule has 1 N–H and O–H groups in total. The van der Waals surface area contributed by atoms with E-state index in [0.29, 0.717) is 6.04 Å². The van der Waals surface area contributed by atoms with Crippen LogP contribution >= 0.6 is 0 Å². The molecule has 1 heterocycles. The molecule has 2 rings (SSSR count). The Bertz CT molecular complexity index is 298. The van der Waals surface area contributed by atoms with E-state index in [4.69, 9.17) is 4.84 Å². The Morgan fingerprint density at radius 3 is 2.21 bits per heavy atom. The molecular formula is C15H28N2O2. The number of nitrogens with one attached hydrogen (secondary N) is 1. The highest BCUT2D eigenvalue weighted by Crippen LogP contribution is 2.26. The SMILES string of the molecule is CC(C)(C)C(=O)ONC1CCC(N2CCCC2)CC1. The molecule has 1 aliphatic carbocycles. The molecule has 0 bridgehead atoms. The number of hydroxylamine groups is 1. The second-order valence-corrected chi connectivity index (χ2v) is 7.01. The van der Waals surface area contributed by atoms with E-state index in [1.165, 1.54) is 38.8 Å². The van der Waals surface area contributed by atoms with Crippen LogP contribution in [0.5, 0.6) is 0 Å². The minimum absolute atomic E-state index is 0.172. The molecule has 0 radical (unpaired) electrons. The first-order valence-electron chi connectivity index (χ1n) is 7.67. The Balaban J connectivity index is 1.67. The molecular weight excluding hydrogens is 240 g/mol. The first kappa shape index (κ1) is 14.8. The Hall–Kier alpha value is -0.610. The third kappa shape index (κ3) is 4.18. The topological polar surface area (TPSA) is 41.6 Å². The molecule has 1 aliphatic heterocycles. The first-order valence-corrected chi connectivity index (χ1v) is 7.67. The number of carbonyl (C=O) groups excluding carboxylic acids is 1. The van der Waals surface area contributed by atoms with Crippen molar-refractivity contribution in [2.45, 2.75) is 71.4 Å². The summed E-state index contributed by atoms with van der Waals surface area (Å²) >= 11 is 0. The summed E-state index contributed by atoms with van der Waals surface area (Å²) < 4.78 is 0. The number of nitrogens with zero attached hydrogens (tertiary/aromatic N) is 1. The predicted octanol–water partition coefficient (Wildman–Crippen LogP) is 2.49. The molecule has 0 atom stereocenters. The fourth-order valence-corrected chi connectivity index (χ4v) is 2.96. The lowest BCUT2D eigenvalue weighted by Crippen LogP contribution is -2.42. The van der Waals surface area contributed by atoms with Crippen LogP contribution in [0.15, 0.2) is 0 Å². The first-order chi connectivity index (χ1) is 8.97. The van der Waals surface area contributed by atoms with E-state index in [1.54, 1.807) is 0 Å². The molecule has 1 saturated heterocycles. The standard InChI is InChI=1S/C15H28N2O2/c1-15(2,3)14(18)19-16-12-6-8-13(9-7-12)17-10-4-5-11-17/h12-13,16H,4-11H2,1-3H3. The van der Waals surface area contributed by atoms with Gasteiger partial charge in [0, 0.05) is 12.1 Å². The van der Waals surface area contributed by atoms with Crippen LogP contribution in [0, 0.1) is 5.41 Å². The van der Waals surface area contributed by atoms with Crippen LogP contribution < -0.4 is 5.48 Å². The van der Waals surface area contributed by atoms with Crippen molar-refractivity contribution in [1.82, 2.24) is 10.4 Å². The summed E-state index contributed by atoms with van der Waals surface area (Å²) in [6.45, 7) is 8.19. The summed E-state index contributed by atoms with van der Waals surface area (Å²) in [6.07, 6.45) is 7.40. The monoisotopic (exact) mass is 268 g/mol. The summed E-state index contributed by atoms with van der Waals surface area (Å²) in [5.41, 5.74) is 2.54. The molecule has 2 aliphatic rings. The molecule has 2 fully saturated rings. The lowest BCUT2D eigenvalue weighted by atomic mass is 9.91. The van der Waals surface area contributed by atoms with Gasteiger partial charge in [0.2, 0.25) is 0 Å². The Morgan fingerprint density at radius 2 is 1.68 bits per heavy atom. The third-order valence-corrected chi connectivity index (χ3v) is 4.28. The molecule has 0 amide bonds. The zero-order valence-corrected chi connectivity index (χ0v) is 12.6. The van der Waals surface area contributed by atoms with Gasteiger partial charge in [-0.3, -0.25) is 0 Å². The van der Waals surface area contributed by atoms with Gasteiger partial charge in [-0.2, -0.15) is 5.48 Å². The Morgan fingerprint density at radius 1 is 1.11 bits per heavy atom. The summed E-state index contributed by atoms with van der Waals surface area (Å²) in [5.74, 6) is -0.172. The van der Waals surface area contributed by atoms with Crippen molar-refractivity contribution in [2.75, 3.05) is 13.1 Å². The maximum atomic E-state index is 11.7.